The lowest BCUT2D eigenvalue weighted by Gasteiger charge is -2.08. The third-order valence-corrected chi connectivity index (χ3v) is 3.74. The first-order chi connectivity index (χ1) is 10.9. The number of hydrogen-bond donors (Lipinski definition) is 1. The second-order valence-electron chi connectivity index (χ2n) is 4.98. The van der Waals surface area contributed by atoms with E-state index < -0.39 is 11.9 Å². The maximum absolute atomic E-state index is 11.8. The van der Waals surface area contributed by atoms with E-state index >= 15 is 0 Å². The van der Waals surface area contributed by atoms with Crippen molar-refractivity contribution < 1.29 is 14.3 Å². The van der Waals surface area contributed by atoms with Crippen molar-refractivity contribution in [3.63, 3.8) is 0 Å². The van der Waals surface area contributed by atoms with E-state index in [1.165, 1.54) is 0 Å². The second-order valence-corrected chi connectivity index (χ2v) is 5.82. The molecule has 0 atom stereocenters. The van der Waals surface area contributed by atoms with Gasteiger partial charge in [-0.05, 0) is 42.3 Å². The number of halogens is 2. The highest BCUT2D eigenvalue weighted by molar-refractivity contribution is 6.31. The molecule has 23 heavy (non-hydrogen) atoms. The van der Waals surface area contributed by atoms with Crippen molar-refractivity contribution in [3.8, 4) is 0 Å². The van der Waals surface area contributed by atoms with Crippen LogP contribution in [-0.2, 0) is 20.7 Å². The van der Waals surface area contributed by atoms with Crippen molar-refractivity contribution in [2.24, 2.45) is 0 Å². The number of ether oxygens (including phenoxy) is 1. The van der Waals surface area contributed by atoms with Gasteiger partial charge in [0.05, 0.1) is 6.42 Å². The van der Waals surface area contributed by atoms with Gasteiger partial charge in [0.15, 0.2) is 6.61 Å². The number of anilines is 1. The summed E-state index contributed by atoms with van der Waals surface area (Å²) in [7, 11) is 0. The average Bonchev–Trinajstić information content (AvgIpc) is 2.51. The van der Waals surface area contributed by atoms with Gasteiger partial charge in [-0.1, -0.05) is 41.4 Å². The Kier molecular flexibility index (Phi) is 6.02. The summed E-state index contributed by atoms with van der Waals surface area (Å²) >= 11 is 11.8. The van der Waals surface area contributed by atoms with Crippen molar-refractivity contribution >= 4 is 40.8 Å². The molecule has 0 heterocycles. The van der Waals surface area contributed by atoms with E-state index in [0.717, 1.165) is 11.1 Å². The number of aryl methyl sites for hydroxylation is 1. The summed E-state index contributed by atoms with van der Waals surface area (Å²) in [6.07, 6.45) is 0.0841. The highest BCUT2D eigenvalue weighted by atomic mass is 35.5. The standard InChI is InChI=1S/C17H15Cl2NO3/c1-11-2-7-14(9-15(11)19)20-16(21)10-23-17(22)8-12-3-5-13(18)6-4-12/h2-7,9H,8,10H2,1H3,(H,20,21). The quantitative estimate of drug-likeness (QED) is 0.827. The van der Waals surface area contributed by atoms with Crippen molar-refractivity contribution in [2.75, 3.05) is 11.9 Å². The Labute approximate surface area is 144 Å². The maximum atomic E-state index is 11.8. The van der Waals surface area contributed by atoms with Gasteiger partial charge >= 0.3 is 5.97 Å². The Morgan fingerprint density at radius 3 is 2.43 bits per heavy atom. The molecule has 0 bridgehead atoms. The van der Waals surface area contributed by atoms with E-state index in [1.54, 1.807) is 42.5 Å². The van der Waals surface area contributed by atoms with E-state index in [9.17, 15) is 9.59 Å². The molecule has 120 valence electrons. The van der Waals surface area contributed by atoms with Crippen LogP contribution in [0, 0.1) is 6.92 Å². The highest BCUT2D eigenvalue weighted by Gasteiger charge is 2.09. The lowest BCUT2D eigenvalue weighted by atomic mass is 10.1. The van der Waals surface area contributed by atoms with Crippen LogP contribution >= 0.6 is 23.2 Å². The van der Waals surface area contributed by atoms with Crippen LogP contribution < -0.4 is 5.32 Å². The first-order valence-electron chi connectivity index (χ1n) is 6.90. The molecule has 2 rings (SSSR count). The smallest absolute Gasteiger partial charge is 0.310 e. The van der Waals surface area contributed by atoms with E-state index in [2.05, 4.69) is 5.32 Å². The average molecular weight is 352 g/mol. The molecule has 1 N–H and O–H groups in total. The molecule has 2 aromatic rings. The minimum atomic E-state index is -0.482. The van der Waals surface area contributed by atoms with Crippen LogP contribution in [0.4, 0.5) is 5.69 Å². The van der Waals surface area contributed by atoms with Crippen LogP contribution in [0.15, 0.2) is 42.5 Å². The molecule has 0 fully saturated rings. The summed E-state index contributed by atoms with van der Waals surface area (Å²) in [4.78, 5) is 23.5. The third kappa shape index (κ3) is 5.58. The fourth-order valence-electron chi connectivity index (χ4n) is 1.83. The fourth-order valence-corrected chi connectivity index (χ4v) is 2.14. The van der Waals surface area contributed by atoms with E-state index in [-0.39, 0.29) is 13.0 Å². The number of carbonyl (C=O) groups is 2. The number of carbonyl (C=O) groups excluding carboxylic acids is 2. The Balaban J connectivity index is 1.80. The fraction of sp³-hybridized carbons (Fsp3) is 0.176. The van der Waals surface area contributed by atoms with Gasteiger partial charge in [-0.3, -0.25) is 9.59 Å². The molecule has 0 radical (unpaired) electrons. The number of rotatable bonds is 5. The molecule has 0 unspecified atom stereocenters. The summed E-state index contributed by atoms with van der Waals surface area (Å²) < 4.78 is 4.95. The topological polar surface area (TPSA) is 55.4 Å². The molecular weight excluding hydrogens is 337 g/mol. The van der Waals surface area contributed by atoms with Crippen molar-refractivity contribution in [2.45, 2.75) is 13.3 Å². The Morgan fingerprint density at radius 1 is 1.09 bits per heavy atom. The molecule has 0 saturated heterocycles. The molecule has 2 aromatic carbocycles. The monoisotopic (exact) mass is 351 g/mol. The molecule has 0 aliphatic rings. The summed E-state index contributed by atoms with van der Waals surface area (Å²) in [6.45, 7) is 1.52. The lowest BCUT2D eigenvalue weighted by Crippen LogP contribution is -2.21. The van der Waals surface area contributed by atoms with Gasteiger partial charge < -0.3 is 10.1 Å². The molecule has 6 heteroatoms. The largest absolute Gasteiger partial charge is 0.455 e. The molecule has 0 spiro atoms. The van der Waals surface area contributed by atoms with Gasteiger partial charge in [-0.25, -0.2) is 0 Å². The minimum absolute atomic E-state index is 0.0841. The SMILES string of the molecule is Cc1ccc(NC(=O)COC(=O)Cc2ccc(Cl)cc2)cc1Cl. The number of benzene rings is 2. The number of nitrogens with one attached hydrogen (secondary N) is 1. The zero-order valence-corrected chi connectivity index (χ0v) is 13.9. The molecular formula is C17H15Cl2NO3. The predicted octanol–water partition coefficient (Wildman–Crippen LogP) is 4.03. The van der Waals surface area contributed by atoms with Gasteiger partial charge in [0, 0.05) is 15.7 Å². The van der Waals surface area contributed by atoms with Crippen molar-refractivity contribution in [1.82, 2.24) is 0 Å². The van der Waals surface area contributed by atoms with Gasteiger partial charge in [0.2, 0.25) is 0 Å². The van der Waals surface area contributed by atoms with E-state index in [4.69, 9.17) is 27.9 Å². The van der Waals surface area contributed by atoms with E-state index in [1.807, 2.05) is 6.92 Å². The Morgan fingerprint density at radius 2 is 1.78 bits per heavy atom. The maximum Gasteiger partial charge on any atom is 0.310 e. The number of hydrogen-bond acceptors (Lipinski definition) is 3. The second kappa shape index (κ2) is 7.99. The predicted molar refractivity (Wildman–Crippen MR) is 90.9 cm³/mol. The highest BCUT2D eigenvalue weighted by Crippen LogP contribution is 2.19. The summed E-state index contributed by atoms with van der Waals surface area (Å²) in [5.74, 6) is -0.904. The molecule has 0 aliphatic carbocycles. The molecule has 1 amide bonds. The molecule has 4 nitrogen and oxygen atoms in total. The third-order valence-electron chi connectivity index (χ3n) is 3.08. The first-order valence-corrected chi connectivity index (χ1v) is 7.66. The van der Waals surface area contributed by atoms with E-state index in [0.29, 0.717) is 15.7 Å². The molecule has 0 saturated carbocycles. The molecule has 0 aromatic heterocycles. The number of esters is 1. The lowest BCUT2D eigenvalue weighted by molar-refractivity contribution is -0.146. The Bertz CT molecular complexity index is 714. The number of amides is 1. The summed E-state index contributed by atoms with van der Waals surface area (Å²) in [5.41, 5.74) is 2.24. The van der Waals surface area contributed by atoms with Crippen LogP contribution in [-0.4, -0.2) is 18.5 Å². The zero-order valence-electron chi connectivity index (χ0n) is 12.4. The zero-order chi connectivity index (χ0) is 16.8. The molecule has 0 aliphatic heterocycles. The summed E-state index contributed by atoms with van der Waals surface area (Å²) in [5, 5.41) is 3.77. The summed E-state index contributed by atoms with van der Waals surface area (Å²) in [6, 6.07) is 12.0. The van der Waals surface area contributed by atoms with Crippen LogP contribution in [0.5, 0.6) is 0 Å². The van der Waals surface area contributed by atoms with Crippen molar-refractivity contribution in [1.29, 1.82) is 0 Å². The van der Waals surface area contributed by atoms with Crippen LogP contribution in [0.2, 0.25) is 10.0 Å². The van der Waals surface area contributed by atoms with Gasteiger partial charge in [-0.2, -0.15) is 0 Å². The van der Waals surface area contributed by atoms with Crippen LogP contribution in [0.25, 0.3) is 0 Å². The normalized spacial score (nSPS) is 10.2. The van der Waals surface area contributed by atoms with Crippen molar-refractivity contribution in [3.05, 3.63) is 63.6 Å². The van der Waals surface area contributed by atoms with Crippen LogP contribution in [0.1, 0.15) is 11.1 Å². The van der Waals surface area contributed by atoms with Gasteiger partial charge in [0.1, 0.15) is 0 Å². The van der Waals surface area contributed by atoms with Gasteiger partial charge in [0.25, 0.3) is 5.91 Å². The first kappa shape index (κ1) is 17.3. The van der Waals surface area contributed by atoms with Crippen LogP contribution in [0.3, 0.4) is 0 Å². The minimum Gasteiger partial charge on any atom is -0.455 e. The van der Waals surface area contributed by atoms with Gasteiger partial charge in [-0.15, -0.1) is 0 Å². The Hall–Kier alpha value is -2.04.